The zero-order chi connectivity index (χ0) is 13.8. The zero-order valence-corrected chi connectivity index (χ0v) is 13.8. The van der Waals surface area contributed by atoms with Gasteiger partial charge in [-0.05, 0) is 64.7 Å². The highest BCUT2D eigenvalue weighted by molar-refractivity contribution is 9.10. The number of nitrogens with one attached hydrogen (secondary N) is 1. The highest BCUT2D eigenvalue weighted by Crippen LogP contribution is 2.40. The maximum Gasteiger partial charge on any atom is 0.0410 e. The quantitative estimate of drug-likeness (QED) is 0.877. The van der Waals surface area contributed by atoms with Crippen LogP contribution >= 0.6 is 15.9 Å². The first-order valence-electron chi connectivity index (χ1n) is 7.45. The van der Waals surface area contributed by atoms with Gasteiger partial charge in [0.2, 0.25) is 0 Å². The average Bonchev–Trinajstić information content (AvgIpc) is 2.39. The lowest BCUT2D eigenvalue weighted by atomic mass is 9.72. The van der Waals surface area contributed by atoms with Gasteiger partial charge in [0.25, 0.3) is 0 Å². The van der Waals surface area contributed by atoms with Crippen LogP contribution in [0.3, 0.4) is 0 Å². The van der Waals surface area contributed by atoms with E-state index in [0.29, 0.717) is 6.04 Å². The maximum atomic E-state index is 4.33. The monoisotopic (exact) mass is 324 g/mol. The standard InChI is InChI=1S/C16H25BrN2/c1-4-19-16(14-8-15(17)10-18-9-14)13-6-5-11(2)12(3)7-13/h8-13,16,19H,4-7H2,1-3H3. The summed E-state index contributed by atoms with van der Waals surface area (Å²) < 4.78 is 1.07. The summed E-state index contributed by atoms with van der Waals surface area (Å²) in [4.78, 5) is 4.33. The van der Waals surface area contributed by atoms with Crippen LogP contribution in [-0.4, -0.2) is 11.5 Å². The summed E-state index contributed by atoms with van der Waals surface area (Å²) in [5.41, 5.74) is 1.32. The molecule has 2 nitrogen and oxygen atoms in total. The van der Waals surface area contributed by atoms with E-state index in [9.17, 15) is 0 Å². The summed E-state index contributed by atoms with van der Waals surface area (Å²) in [5, 5.41) is 3.67. The molecular weight excluding hydrogens is 300 g/mol. The summed E-state index contributed by atoms with van der Waals surface area (Å²) in [6.07, 6.45) is 7.88. The Morgan fingerprint density at radius 2 is 2.11 bits per heavy atom. The van der Waals surface area contributed by atoms with Crippen molar-refractivity contribution in [2.45, 2.75) is 46.1 Å². The number of pyridine rings is 1. The molecule has 1 fully saturated rings. The van der Waals surface area contributed by atoms with Gasteiger partial charge in [-0.2, -0.15) is 0 Å². The molecule has 1 aromatic heterocycles. The fourth-order valence-corrected chi connectivity index (χ4v) is 3.65. The van der Waals surface area contributed by atoms with E-state index in [1.54, 1.807) is 0 Å². The minimum absolute atomic E-state index is 0.449. The Labute approximate surface area is 125 Å². The Morgan fingerprint density at radius 1 is 1.32 bits per heavy atom. The molecular formula is C16H25BrN2. The lowest BCUT2D eigenvalue weighted by Crippen LogP contribution is -2.33. The second-order valence-corrected chi connectivity index (χ2v) is 6.92. The van der Waals surface area contributed by atoms with E-state index in [4.69, 9.17) is 0 Å². The van der Waals surface area contributed by atoms with Crippen LogP contribution in [0.4, 0.5) is 0 Å². The Kier molecular flexibility index (Phi) is 5.40. The molecule has 0 spiro atoms. The molecule has 2 rings (SSSR count). The first-order valence-corrected chi connectivity index (χ1v) is 8.25. The van der Waals surface area contributed by atoms with Crippen LogP contribution in [0.5, 0.6) is 0 Å². The van der Waals surface area contributed by atoms with Crippen LogP contribution in [0.2, 0.25) is 0 Å². The van der Waals surface area contributed by atoms with E-state index in [2.05, 4.69) is 53.1 Å². The van der Waals surface area contributed by atoms with Crippen molar-refractivity contribution in [3.63, 3.8) is 0 Å². The van der Waals surface area contributed by atoms with Gasteiger partial charge in [0.05, 0.1) is 0 Å². The van der Waals surface area contributed by atoms with E-state index in [-0.39, 0.29) is 0 Å². The molecule has 0 bridgehead atoms. The van der Waals surface area contributed by atoms with Gasteiger partial charge in [-0.15, -0.1) is 0 Å². The molecule has 0 amide bonds. The summed E-state index contributed by atoms with van der Waals surface area (Å²) in [6.45, 7) is 7.99. The molecule has 1 aromatic rings. The van der Waals surface area contributed by atoms with Gasteiger partial charge in [-0.25, -0.2) is 0 Å². The van der Waals surface area contributed by atoms with Gasteiger partial charge in [-0.1, -0.05) is 27.2 Å². The summed E-state index contributed by atoms with van der Waals surface area (Å²) in [5.74, 6) is 2.45. The summed E-state index contributed by atoms with van der Waals surface area (Å²) in [6, 6.07) is 2.66. The van der Waals surface area contributed by atoms with Gasteiger partial charge in [0.15, 0.2) is 0 Å². The Hall–Kier alpha value is -0.410. The van der Waals surface area contributed by atoms with Crippen molar-refractivity contribution < 1.29 is 0 Å². The lowest BCUT2D eigenvalue weighted by molar-refractivity contribution is 0.172. The topological polar surface area (TPSA) is 24.9 Å². The van der Waals surface area contributed by atoms with Crippen LogP contribution in [0.1, 0.15) is 51.6 Å². The molecule has 1 aliphatic rings. The molecule has 4 unspecified atom stereocenters. The van der Waals surface area contributed by atoms with Crippen molar-refractivity contribution in [1.82, 2.24) is 10.3 Å². The van der Waals surface area contributed by atoms with Crippen molar-refractivity contribution in [2.24, 2.45) is 17.8 Å². The Morgan fingerprint density at radius 3 is 2.74 bits per heavy atom. The molecule has 0 saturated heterocycles. The fourth-order valence-electron chi connectivity index (χ4n) is 3.27. The molecule has 0 aliphatic heterocycles. The second kappa shape index (κ2) is 6.85. The van der Waals surface area contributed by atoms with Crippen molar-refractivity contribution in [3.05, 3.63) is 28.5 Å². The minimum atomic E-state index is 0.449. The van der Waals surface area contributed by atoms with Crippen molar-refractivity contribution in [3.8, 4) is 0 Å². The van der Waals surface area contributed by atoms with Crippen molar-refractivity contribution in [2.75, 3.05) is 6.54 Å². The third-order valence-electron chi connectivity index (χ3n) is 4.62. The van der Waals surface area contributed by atoms with Crippen molar-refractivity contribution >= 4 is 15.9 Å². The number of aromatic nitrogens is 1. The Bertz CT molecular complexity index is 407. The number of hydrogen-bond donors (Lipinski definition) is 1. The smallest absolute Gasteiger partial charge is 0.0410 e. The van der Waals surface area contributed by atoms with Crippen LogP contribution in [-0.2, 0) is 0 Å². The minimum Gasteiger partial charge on any atom is -0.310 e. The molecule has 3 heteroatoms. The molecule has 4 atom stereocenters. The van der Waals surface area contributed by atoms with Crippen LogP contribution < -0.4 is 5.32 Å². The van der Waals surface area contributed by atoms with Gasteiger partial charge in [0.1, 0.15) is 0 Å². The summed E-state index contributed by atoms with van der Waals surface area (Å²) in [7, 11) is 0. The molecule has 1 aliphatic carbocycles. The molecule has 1 saturated carbocycles. The number of rotatable bonds is 4. The largest absolute Gasteiger partial charge is 0.310 e. The predicted octanol–water partition coefficient (Wildman–Crippen LogP) is 4.57. The summed E-state index contributed by atoms with van der Waals surface area (Å²) >= 11 is 3.54. The van der Waals surface area contributed by atoms with Gasteiger partial charge >= 0.3 is 0 Å². The Balaban J connectivity index is 2.16. The van der Waals surface area contributed by atoms with Crippen LogP contribution in [0.25, 0.3) is 0 Å². The van der Waals surface area contributed by atoms with E-state index in [0.717, 1.165) is 28.8 Å². The zero-order valence-electron chi connectivity index (χ0n) is 12.2. The van der Waals surface area contributed by atoms with E-state index < -0.39 is 0 Å². The first kappa shape index (κ1) is 15.0. The fraction of sp³-hybridized carbons (Fsp3) is 0.688. The molecule has 1 heterocycles. The molecule has 1 N–H and O–H groups in total. The van der Waals surface area contributed by atoms with Crippen LogP contribution in [0, 0.1) is 17.8 Å². The third-order valence-corrected chi connectivity index (χ3v) is 5.05. The SMILES string of the molecule is CCNC(c1cncc(Br)c1)C1CCC(C)C(C)C1. The highest BCUT2D eigenvalue weighted by Gasteiger charge is 2.30. The van der Waals surface area contributed by atoms with Gasteiger partial charge < -0.3 is 5.32 Å². The van der Waals surface area contributed by atoms with Crippen molar-refractivity contribution in [1.29, 1.82) is 0 Å². The van der Waals surface area contributed by atoms with Crippen LogP contribution in [0.15, 0.2) is 22.9 Å². The predicted molar refractivity (Wildman–Crippen MR) is 84.0 cm³/mol. The normalized spacial score (nSPS) is 29.2. The number of halogens is 1. The van der Waals surface area contributed by atoms with Gasteiger partial charge in [-0.3, -0.25) is 4.98 Å². The van der Waals surface area contributed by atoms with Gasteiger partial charge in [0, 0.05) is 22.9 Å². The highest BCUT2D eigenvalue weighted by atomic mass is 79.9. The van der Waals surface area contributed by atoms with E-state index in [1.807, 2.05) is 12.4 Å². The molecule has 106 valence electrons. The molecule has 0 aromatic carbocycles. The lowest BCUT2D eigenvalue weighted by Gasteiger charge is -2.37. The second-order valence-electron chi connectivity index (χ2n) is 6.00. The van der Waals surface area contributed by atoms with E-state index >= 15 is 0 Å². The molecule has 0 radical (unpaired) electrons. The average molecular weight is 325 g/mol. The third kappa shape index (κ3) is 3.79. The maximum absolute atomic E-state index is 4.33. The van der Waals surface area contributed by atoms with E-state index in [1.165, 1.54) is 24.8 Å². The number of hydrogen-bond acceptors (Lipinski definition) is 2. The molecule has 19 heavy (non-hydrogen) atoms. The number of nitrogens with zero attached hydrogens (tertiary/aromatic N) is 1. The first-order chi connectivity index (χ1) is 9.11.